The van der Waals surface area contributed by atoms with E-state index in [4.69, 9.17) is 5.11 Å². The molecular weight excluding hydrogens is 518 g/mol. The molecule has 1 spiro atoms. The number of hydrogen-bond donors (Lipinski definition) is 3. The zero-order valence-electron chi connectivity index (χ0n) is 19.7. The maximum absolute atomic E-state index is 13.9. The van der Waals surface area contributed by atoms with Gasteiger partial charge in [-0.1, -0.05) is 47.0 Å². The van der Waals surface area contributed by atoms with Crippen LogP contribution in [0.15, 0.2) is 30.3 Å². The van der Waals surface area contributed by atoms with Crippen LogP contribution in [0.3, 0.4) is 0 Å². The van der Waals surface area contributed by atoms with Gasteiger partial charge in [0.1, 0.15) is 6.04 Å². The predicted molar refractivity (Wildman–Crippen MR) is 138 cm³/mol. The minimum Gasteiger partial charge on any atom is -0.396 e. The molecule has 34 heavy (non-hydrogen) atoms. The van der Waals surface area contributed by atoms with Crippen LogP contribution in [-0.4, -0.2) is 67.8 Å². The summed E-state index contributed by atoms with van der Waals surface area (Å²) in [7, 11) is 0. The number of halogens is 1. The van der Waals surface area contributed by atoms with Crippen LogP contribution in [0.25, 0.3) is 0 Å². The van der Waals surface area contributed by atoms with Crippen molar-refractivity contribution < 1.29 is 19.5 Å². The molecule has 1 aromatic rings. The number of fused-ring (bicyclic) bond motifs is 1. The lowest BCUT2D eigenvalue weighted by Gasteiger charge is -2.35. The van der Waals surface area contributed by atoms with Gasteiger partial charge in [-0.3, -0.25) is 14.4 Å². The summed E-state index contributed by atoms with van der Waals surface area (Å²) in [6, 6.07) is 8.68. The SMILES string of the molecule is CC(C)NC(=O)C1N(CCCCCCO)C(=O)[C@@H]2[C@@H](C(=O)Nc3ccccc3)[C@@H]3SC12CC3Br. The average Bonchev–Trinajstić information content (AvgIpc) is 3.37. The smallest absolute Gasteiger partial charge is 0.244 e. The number of aliphatic hydroxyl groups excluding tert-OH is 1. The van der Waals surface area contributed by atoms with Crippen molar-refractivity contribution in [2.24, 2.45) is 11.8 Å². The highest BCUT2D eigenvalue weighted by Crippen LogP contribution is 2.67. The van der Waals surface area contributed by atoms with Crippen molar-refractivity contribution in [2.75, 3.05) is 18.5 Å². The first kappa shape index (κ1) is 25.5. The number of amides is 3. The summed E-state index contributed by atoms with van der Waals surface area (Å²) >= 11 is 5.44. The Morgan fingerprint density at radius 1 is 1.18 bits per heavy atom. The Labute approximate surface area is 213 Å². The summed E-state index contributed by atoms with van der Waals surface area (Å²) in [5.41, 5.74) is 0.709. The monoisotopic (exact) mass is 551 g/mol. The first-order chi connectivity index (χ1) is 16.3. The molecule has 186 valence electrons. The average molecular weight is 553 g/mol. The number of carbonyl (C=O) groups excluding carboxylic acids is 3. The van der Waals surface area contributed by atoms with Crippen LogP contribution >= 0.6 is 27.7 Å². The van der Waals surface area contributed by atoms with Crippen LogP contribution in [0.2, 0.25) is 0 Å². The van der Waals surface area contributed by atoms with Gasteiger partial charge in [-0.05, 0) is 45.2 Å². The number of thioether (sulfide) groups is 1. The zero-order chi connectivity index (χ0) is 24.5. The number of nitrogens with zero attached hydrogens (tertiary/aromatic N) is 1. The van der Waals surface area contributed by atoms with Gasteiger partial charge in [0.05, 0.1) is 16.6 Å². The lowest BCUT2D eigenvalue weighted by atomic mass is 9.70. The number of alkyl halides is 1. The molecule has 0 radical (unpaired) electrons. The van der Waals surface area contributed by atoms with Gasteiger partial charge in [-0.15, -0.1) is 11.8 Å². The molecule has 7 nitrogen and oxygen atoms in total. The number of para-hydroxylation sites is 1. The van der Waals surface area contributed by atoms with Gasteiger partial charge in [0.15, 0.2) is 0 Å². The number of aliphatic hydroxyl groups is 1. The molecule has 3 N–H and O–H groups in total. The van der Waals surface area contributed by atoms with Gasteiger partial charge in [-0.2, -0.15) is 0 Å². The zero-order valence-corrected chi connectivity index (χ0v) is 22.1. The topological polar surface area (TPSA) is 98.7 Å². The molecule has 0 aliphatic carbocycles. The van der Waals surface area contributed by atoms with Gasteiger partial charge < -0.3 is 20.6 Å². The van der Waals surface area contributed by atoms with Gasteiger partial charge >= 0.3 is 0 Å². The van der Waals surface area contributed by atoms with Crippen LogP contribution in [0.4, 0.5) is 5.69 Å². The van der Waals surface area contributed by atoms with E-state index in [2.05, 4.69) is 26.6 Å². The number of hydrogen-bond acceptors (Lipinski definition) is 5. The van der Waals surface area contributed by atoms with E-state index >= 15 is 0 Å². The summed E-state index contributed by atoms with van der Waals surface area (Å²) in [5, 5.41) is 15.0. The van der Waals surface area contributed by atoms with Crippen molar-refractivity contribution in [1.29, 1.82) is 0 Å². The lowest BCUT2D eigenvalue weighted by molar-refractivity contribution is -0.139. The predicted octanol–water partition coefficient (Wildman–Crippen LogP) is 3.17. The fourth-order valence-electron chi connectivity index (χ4n) is 5.83. The Morgan fingerprint density at radius 2 is 1.88 bits per heavy atom. The van der Waals surface area contributed by atoms with E-state index in [1.165, 1.54) is 0 Å². The van der Waals surface area contributed by atoms with E-state index in [9.17, 15) is 14.4 Å². The Morgan fingerprint density at radius 3 is 2.56 bits per heavy atom. The molecule has 3 heterocycles. The van der Waals surface area contributed by atoms with Crippen LogP contribution in [0.1, 0.15) is 46.0 Å². The van der Waals surface area contributed by atoms with E-state index in [0.29, 0.717) is 18.7 Å². The summed E-state index contributed by atoms with van der Waals surface area (Å²) in [6.07, 6.45) is 3.97. The van der Waals surface area contributed by atoms with Crippen LogP contribution < -0.4 is 10.6 Å². The molecule has 3 unspecified atom stereocenters. The maximum Gasteiger partial charge on any atom is 0.244 e. The molecule has 9 heteroatoms. The van der Waals surface area contributed by atoms with Crippen molar-refractivity contribution in [1.82, 2.24) is 10.2 Å². The molecule has 3 amide bonds. The fourth-order valence-corrected chi connectivity index (χ4v) is 9.44. The molecule has 3 fully saturated rings. The van der Waals surface area contributed by atoms with Gasteiger partial charge in [0.25, 0.3) is 0 Å². The molecule has 0 saturated carbocycles. The third-order valence-electron chi connectivity index (χ3n) is 7.12. The summed E-state index contributed by atoms with van der Waals surface area (Å²) < 4.78 is -0.612. The van der Waals surface area contributed by atoms with Gasteiger partial charge in [0, 0.05) is 35.0 Å². The number of benzene rings is 1. The van der Waals surface area contributed by atoms with Crippen LogP contribution in [-0.2, 0) is 14.4 Å². The Balaban J connectivity index is 1.62. The molecular formula is C25H34BrN3O4S. The quantitative estimate of drug-likeness (QED) is 0.306. The Kier molecular flexibility index (Phi) is 7.94. The molecule has 6 atom stereocenters. The van der Waals surface area contributed by atoms with Crippen molar-refractivity contribution in [2.45, 2.75) is 72.9 Å². The number of anilines is 1. The van der Waals surface area contributed by atoms with E-state index in [1.54, 1.807) is 16.7 Å². The molecule has 3 aliphatic rings. The minimum absolute atomic E-state index is 0.0370. The minimum atomic E-state index is -0.612. The number of rotatable bonds is 10. The second-order valence-corrected chi connectivity index (χ2v) is 12.6. The van der Waals surface area contributed by atoms with Gasteiger partial charge in [-0.25, -0.2) is 0 Å². The number of likely N-dealkylation sites (tertiary alicyclic amines) is 1. The molecule has 3 aliphatic heterocycles. The lowest BCUT2D eigenvalue weighted by Crippen LogP contribution is -2.55. The van der Waals surface area contributed by atoms with Crippen molar-refractivity contribution in [3.63, 3.8) is 0 Å². The van der Waals surface area contributed by atoms with E-state index in [-0.39, 0.29) is 40.4 Å². The molecule has 4 rings (SSSR count). The maximum atomic E-state index is 13.9. The van der Waals surface area contributed by atoms with Crippen LogP contribution in [0, 0.1) is 11.8 Å². The highest BCUT2D eigenvalue weighted by molar-refractivity contribution is 9.09. The Bertz CT molecular complexity index is 917. The van der Waals surface area contributed by atoms with E-state index in [1.807, 2.05) is 44.2 Å². The third-order valence-corrected chi connectivity index (χ3v) is 10.3. The molecule has 3 saturated heterocycles. The highest BCUT2D eigenvalue weighted by Gasteiger charge is 2.75. The first-order valence-electron chi connectivity index (χ1n) is 12.2. The number of unbranched alkanes of at least 4 members (excludes halogenated alkanes) is 3. The standard InChI is InChI=1S/C25H34BrN3O4S/c1-15(2)27-23(32)21-25-14-17(26)20(34-25)18(22(31)28-16-10-6-5-7-11-16)19(25)24(33)29(21)12-8-3-4-9-13-30/h5-7,10-11,15,17-21,30H,3-4,8-9,12-14H2,1-2H3,(H,27,32)(H,28,31)/t17?,18-,19+,20-,21?,25?/m1/s1. The van der Waals surface area contributed by atoms with Crippen molar-refractivity contribution in [3.05, 3.63) is 30.3 Å². The molecule has 2 bridgehead atoms. The highest BCUT2D eigenvalue weighted by atomic mass is 79.9. The second kappa shape index (κ2) is 10.6. The normalized spacial score (nSPS) is 31.7. The second-order valence-electron chi connectivity index (χ2n) is 9.85. The summed E-state index contributed by atoms with van der Waals surface area (Å²) in [6.45, 7) is 4.50. The summed E-state index contributed by atoms with van der Waals surface area (Å²) in [5.74, 6) is -1.36. The van der Waals surface area contributed by atoms with E-state index < -0.39 is 22.6 Å². The number of carbonyl (C=O) groups is 3. The Hall–Kier alpha value is -1.58. The molecule has 0 aromatic heterocycles. The fraction of sp³-hybridized carbons (Fsp3) is 0.640. The summed E-state index contributed by atoms with van der Waals surface area (Å²) in [4.78, 5) is 42.6. The largest absolute Gasteiger partial charge is 0.396 e. The molecule has 1 aromatic carbocycles. The van der Waals surface area contributed by atoms with E-state index in [0.717, 1.165) is 25.7 Å². The third kappa shape index (κ3) is 4.63. The first-order valence-corrected chi connectivity index (χ1v) is 14.0. The van der Waals surface area contributed by atoms with Crippen molar-refractivity contribution in [3.8, 4) is 0 Å². The van der Waals surface area contributed by atoms with Crippen LogP contribution in [0.5, 0.6) is 0 Å². The number of nitrogens with one attached hydrogen (secondary N) is 2. The van der Waals surface area contributed by atoms with Gasteiger partial charge in [0.2, 0.25) is 17.7 Å². The van der Waals surface area contributed by atoms with Crippen molar-refractivity contribution >= 4 is 51.1 Å².